The van der Waals surface area contributed by atoms with Crippen LogP contribution in [0.15, 0.2) is 48.5 Å². The molecule has 0 fully saturated rings. The molecule has 3 heteroatoms. The highest BCUT2D eigenvalue weighted by Gasteiger charge is 2.04. The van der Waals surface area contributed by atoms with Gasteiger partial charge in [0, 0.05) is 6.42 Å². The zero-order valence-corrected chi connectivity index (χ0v) is 11.5. The van der Waals surface area contributed by atoms with Crippen LogP contribution >= 0.6 is 0 Å². The number of hydrogen-bond acceptors (Lipinski definition) is 2. The third-order valence-corrected chi connectivity index (χ3v) is 3.09. The molecule has 0 spiro atoms. The molecule has 2 aromatic rings. The van der Waals surface area contributed by atoms with Crippen molar-refractivity contribution in [3.05, 3.63) is 65.2 Å². The van der Waals surface area contributed by atoms with Crippen LogP contribution in [0.1, 0.15) is 16.7 Å². The van der Waals surface area contributed by atoms with Gasteiger partial charge in [-0.15, -0.1) is 0 Å². The summed E-state index contributed by atoms with van der Waals surface area (Å²) in [6.45, 7) is 2.55. The summed E-state index contributed by atoms with van der Waals surface area (Å²) in [4.78, 5) is 10.7. The highest BCUT2D eigenvalue weighted by atomic mass is 16.5. The molecule has 1 N–H and O–H groups in total. The van der Waals surface area contributed by atoms with Crippen molar-refractivity contribution in [3.63, 3.8) is 0 Å². The standard InChI is InChI=1S/C17H18O3/c1-13-11-15(12-17(18)19)7-8-16(13)20-10-9-14-5-3-2-4-6-14/h2-8,11H,9-10,12H2,1H3,(H,18,19). The van der Waals surface area contributed by atoms with Crippen LogP contribution in [0, 0.1) is 6.92 Å². The minimum absolute atomic E-state index is 0.0468. The molecule has 0 unspecified atom stereocenters. The van der Waals surface area contributed by atoms with Gasteiger partial charge >= 0.3 is 5.97 Å². The molecule has 0 aromatic heterocycles. The van der Waals surface area contributed by atoms with Gasteiger partial charge in [0.1, 0.15) is 5.75 Å². The first-order valence-corrected chi connectivity index (χ1v) is 6.63. The fourth-order valence-corrected chi connectivity index (χ4v) is 2.08. The van der Waals surface area contributed by atoms with E-state index in [-0.39, 0.29) is 6.42 Å². The van der Waals surface area contributed by atoms with Crippen LogP contribution in [-0.2, 0) is 17.6 Å². The van der Waals surface area contributed by atoms with E-state index in [0.29, 0.717) is 6.61 Å². The van der Waals surface area contributed by atoms with E-state index >= 15 is 0 Å². The minimum Gasteiger partial charge on any atom is -0.493 e. The Hall–Kier alpha value is -2.29. The van der Waals surface area contributed by atoms with E-state index in [1.54, 1.807) is 6.07 Å². The fraction of sp³-hybridized carbons (Fsp3) is 0.235. The molecule has 0 aliphatic rings. The lowest BCUT2D eigenvalue weighted by Gasteiger charge is -2.10. The monoisotopic (exact) mass is 270 g/mol. The van der Waals surface area contributed by atoms with Gasteiger partial charge in [-0.25, -0.2) is 0 Å². The number of aliphatic carboxylic acids is 1. The van der Waals surface area contributed by atoms with Gasteiger partial charge in [-0.1, -0.05) is 42.5 Å². The van der Waals surface area contributed by atoms with Gasteiger partial charge < -0.3 is 9.84 Å². The first-order chi connectivity index (χ1) is 9.65. The molecule has 2 aromatic carbocycles. The van der Waals surface area contributed by atoms with Gasteiger partial charge in [-0.05, 0) is 29.7 Å². The molecule has 0 aliphatic heterocycles. The Morgan fingerprint density at radius 2 is 1.85 bits per heavy atom. The van der Waals surface area contributed by atoms with E-state index in [4.69, 9.17) is 9.84 Å². The van der Waals surface area contributed by atoms with E-state index in [0.717, 1.165) is 23.3 Å². The van der Waals surface area contributed by atoms with Gasteiger partial charge in [0.25, 0.3) is 0 Å². The summed E-state index contributed by atoms with van der Waals surface area (Å²) < 4.78 is 5.75. The summed E-state index contributed by atoms with van der Waals surface area (Å²) in [5, 5.41) is 8.76. The summed E-state index contributed by atoms with van der Waals surface area (Å²) in [5.41, 5.74) is 3.01. The Morgan fingerprint density at radius 3 is 2.50 bits per heavy atom. The largest absolute Gasteiger partial charge is 0.493 e. The number of carboxylic acid groups (broad SMARTS) is 1. The summed E-state index contributed by atoms with van der Waals surface area (Å²) in [5.74, 6) is -0.00258. The average Bonchev–Trinajstić information content (AvgIpc) is 2.42. The van der Waals surface area contributed by atoms with Gasteiger partial charge in [0.2, 0.25) is 0 Å². The normalized spacial score (nSPS) is 10.2. The highest BCUT2D eigenvalue weighted by molar-refractivity contribution is 5.70. The third kappa shape index (κ3) is 4.12. The zero-order valence-electron chi connectivity index (χ0n) is 11.5. The molecule has 0 aliphatic carbocycles. The lowest BCUT2D eigenvalue weighted by molar-refractivity contribution is -0.136. The van der Waals surface area contributed by atoms with E-state index in [1.165, 1.54) is 5.56 Å². The quantitative estimate of drug-likeness (QED) is 0.876. The number of carboxylic acids is 1. The second kappa shape index (κ2) is 6.75. The van der Waals surface area contributed by atoms with E-state index < -0.39 is 5.97 Å². The van der Waals surface area contributed by atoms with E-state index in [2.05, 4.69) is 12.1 Å². The second-order valence-electron chi connectivity index (χ2n) is 4.75. The number of benzene rings is 2. The van der Waals surface area contributed by atoms with E-state index in [1.807, 2.05) is 37.3 Å². The summed E-state index contributed by atoms with van der Waals surface area (Å²) in [6, 6.07) is 15.7. The molecular weight excluding hydrogens is 252 g/mol. The predicted molar refractivity (Wildman–Crippen MR) is 78.2 cm³/mol. The lowest BCUT2D eigenvalue weighted by atomic mass is 10.1. The molecular formula is C17H18O3. The SMILES string of the molecule is Cc1cc(CC(=O)O)ccc1OCCc1ccccc1. The van der Waals surface area contributed by atoms with E-state index in [9.17, 15) is 4.79 Å². The number of hydrogen-bond donors (Lipinski definition) is 1. The van der Waals surface area contributed by atoms with Gasteiger partial charge in [-0.3, -0.25) is 4.79 Å². The van der Waals surface area contributed by atoms with Crippen LogP contribution in [0.4, 0.5) is 0 Å². The molecule has 0 bridgehead atoms. The molecule has 0 heterocycles. The van der Waals surface area contributed by atoms with Crippen LogP contribution < -0.4 is 4.74 Å². The van der Waals surface area contributed by atoms with Crippen molar-refractivity contribution in [2.75, 3.05) is 6.61 Å². The molecule has 3 nitrogen and oxygen atoms in total. The Bertz CT molecular complexity index is 576. The molecule has 0 saturated heterocycles. The Morgan fingerprint density at radius 1 is 1.10 bits per heavy atom. The summed E-state index contributed by atoms with van der Waals surface area (Å²) in [7, 11) is 0. The number of ether oxygens (including phenoxy) is 1. The second-order valence-corrected chi connectivity index (χ2v) is 4.75. The van der Waals surface area contributed by atoms with Crippen LogP contribution in [0.25, 0.3) is 0 Å². The van der Waals surface area contributed by atoms with Crippen LogP contribution in [0.2, 0.25) is 0 Å². The molecule has 0 atom stereocenters. The van der Waals surface area contributed by atoms with Crippen LogP contribution in [0.3, 0.4) is 0 Å². The maximum absolute atomic E-state index is 10.7. The lowest BCUT2D eigenvalue weighted by Crippen LogP contribution is -2.04. The molecule has 0 saturated carbocycles. The molecule has 20 heavy (non-hydrogen) atoms. The molecule has 0 radical (unpaired) electrons. The van der Waals surface area contributed by atoms with Gasteiger partial charge in [-0.2, -0.15) is 0 Å². The maximum atomic E-state index is 10.7. The Kier molecular flexibility index (Phi) is 4.77. The zero-order chi connectivity index (χ0) is 14.4. The van der Waals surface area contributed by atoms with Crippen molar-refractivity contribution in [2.45, 2.75) is 19.8 Å². The predicted octanol–water partition coefficient (Wildman–Crippen LogP) is 3.24. The number of rotatable bonds is 6. The molecule has 2 rings (SSSR count). The molecule has 0 amide bonds. The first-order valence-electron chi connectivity index (χ1n) is 6.63. The van der Waals surface area contributed by atoms with Gasteiger partial charge in [0.05, 0.1) is 13.0 Å². The van der Waals surface area contributed by atoms with Crippen LogP contribution in [-0.4, -0.2) is 17.7 Å². The number of carbonyl (C=O) groups is 1. The van der Waals surface area contributed by atoms with Crippen molar-refractivity contribution >= 4 is 5.97 Å². The Balaban J connectivity index is 1.91. The van der Waals surface area contributed by atoms with Crippen LogP contribution in [0.5, 0.6) is 5.75 Å². The maximum Gasteiger partial charge on any atom is 0.307 e. The average molecular weight is 270 g/mol. The number of aryl methyl sites for hydroxylation is 1. The van der Waals surface area contributed by atoms with Gasteiger partial charge in [0.15, 0.2) is 0 Å². The smallest absolute Gasteiger partial charge is 0.307 e. The van der Waals surface area contributed by atoms with Crippen molar-refractivity contribution in [1.82, 2.24) is 0 Å². The topological polar surface area (TPSA) is 46.5 Å². The third-order valence-electron chi connectivity index (χ3n) is 3.09. The first kappa shape index (κ1) is 14.1. The fourth-order valence-electron chi connectivity index (χ4n) is 2.08. The van der Waals surface area contributed by atoms with Crippen molar-refractivity contribution in [1.29, 1.82) is 0 Å². The minimum atomic E-state index is -0.817. The van der Waals surface area contributed by atoms with Crippen molar-refractivity contribution in [3.8, 4) is 5.75 Å². The Labute approximate surface area is 118 Å². The highest BCUT2D eigenvalue weighted by Crippen LogP contribution is 2.19. The van der Waals surface area contributed by atoms with Crippen molar-refractivity contribution in [2.24, 2.45) is 0 Å². The summed E-state index contributed by atoms with van der Waals surface area (Å²) in [6.07, 6.45) is 0.905. The van der Waals surface area contributed by atoms with Crippen molar-refractivity contribution < 1.29 is 14.6 Å². The molecule has 104 valence electrons. The summed E-state index contributed by atoms with van der Waals surface area (Å²) >= 11 is 0.